The molecule has 1 saturated heterocycles. The molecule has 1 aromatic carbocycles. The maximum absolute atomic E-state index is 8.92. The van der Waals surface area contributed by atoms with Crippen LogP contribution in [-0.2, 0) is 11.3 Å². The Morgan fingerprint density at radius 1 is 1.42 bits per heavy atom. The van der Waals surface area contributed by atoms with Crippen LogP contribution in [0.1, 0.15) is 36.0 Å². The molecule has 3 heteroatoms. The van der Waals surface area contributed by atoms with E-state index in [1.54, 1.807) is 0 Å². The zero-order chi connectivity index (χ0) is 13.2. The van der Waals surface area contributed by atoms with E-state index in [2.05, 4.69) is 24.0 Å². The van der Waals surface area contributed by atoms with Crippen LogP contribution in [0.5, 0.6) is 0 Å². The summed E-state index contributed by atoms with van der Waals surface area (Å²) < 4.78 is 5.85. The van der Waals surface area contributed by atoms with Gasteiger partial charge < -0.3 is 4.74 Å². The molecule has 0 aromatic heterocycles. The third-order valence-electron chi connectivity index (χ3n) is 4.44. The molecule has 0 N–H and O–H groups in total. The number of ether oxygens (including phenoxy) is 1. The van der Waals surface area contributed by atoms with Crippen molar-refractivity contribution in [2.75, 3.05) is 13.2 Å². The van der Waals surface area contributed by atoms with E-state index in [1.807, 2.05) is 12.1 Å². The fourth-order valence-corrected chi connectivity index (χ4v) is 3.36. The van der Waals surface area contributed by atoms with Gasteiger partial charge in [-0.15, -0.1) is 0 Å². The van der Waals surface area contributed by atoms with Crippen LogP contribution < -0.4 is 0 Å². The average molecular weight is 256 g/mol. The van der Waals surface area contributed by atoms with E-state index in [1.165, 1.54) is 30.4 Å². The van der Waals surface area contributed by atoms with Crippen molar-refractivity contribution in [2.45, 2.75) is 44.9 Å². The maximum Gasteiger partial charge on any atom is 0.0991 e. The third kappa shape index (κ3) is 2.51. The Kier molecular flexibility index (Phi) is 3.54. The smallest absolute Gasteiger partial charge is 0.0991 e. The molecule has 1 aromatic rings. The number of fused-ring (bicyclic) bond motifs is 1. The van der Waals surface area contributed by atoms with Crippen LogP contribution in [0.4, 0.5) is 0 Å². The number of morpholine rings is 1. The lowest BCUT2D eigenvalue weighted by Crippen LogP contribution is -2.47. The normalized spacial score (nSPS) is 26.9. The molecule has 0 bridgehead atoms. The van der Waals surface area contributed by atoms with Gasteiger partial charge in [0.25, 0.3) is 0 Å². The van der Waals surface area contributed by atoms with Gasteiger partial charge in [0.05, 0.1) is 24.3 Å². The van der Waals surface area contributed by atoms with Gasteiger partial charge in [-0.1, -0.05) is 6.07 Å². The minimum absolute atomic E-state index is 0.451. The first-order valence-electron chi connectivity index (χ1n) is 7.13. The Morgan fingerprint density at radius 2 is 2.32 bits per heavy atom. The SMILES string of the molecule is Cc1cc(C#N)ccc1CN1CCOC2CCCC21. The number of hydrogen-bond acceptors (Lipinski definition) is 3. The van der Waals surface area contributed by atoms with E-state index in [-0.39, 0.29) is 0 Å². The Balaban J connectivity index is 1.75. The predicted octanol–water partition coefficient (Wildman–Crippen LogP) is 2.62. The molecular weight excluding hydrogens is 236 g/mol. The highest BCUT2D eigenvalue weighted by atomic mass is 16.5. The number of nitrogens with zero attached hydrogens (tertiary/aromatic N) is 2. The summed E-state index contributed by atoms with van der Waals surface area (Å²) in [6.07, 6.45) is 4.22. The van der Waals surface area contributed by atoms with Gasteiger partial charge >= 0.3 is 0 Å². The first-order valence-corrected chi connectivity index (χ1v) is 7.13. The number of nitriles is 1. The molecule has 2 fully saturated rings. The maximum atomic E-state index is 8.92. The second-order valence-electron chi connectivity index (χ2n) is 5.63. The third-order valence-corrected chi connectivity index (χ3v) is 4.44. The quantitative estimate of drug-likeness (QED) is 0.816. The van der Waals surface area contributed by atoms with Gasteiger partial charge in [-0.2, -0.15) is 5.26 Å². The van der Waals surface area contributed by atoms with Crippen molar-refractivity contribution in [3.8, 4) is 6.07 Å². The first-order chi connectivity index (χ1) is 9.28. The van der Waals surface area contributed by atoms with Gasteiger partial charge in [-0.3, -0.25) is 4.90 Å². The van der Waals surface area contributed by atoms with Crippen LogP contribution in [0.2, 0.25) is 0 Å². The Hall–Kier alpha value is -1.37. The van der Waals surface area contributed by atoms with Crippen LogP contribution >= 0.6 is 0 Å². The molecule has 1 aliphatic carbocycles. The van der Waals surface area contributed by atoms with Crippen LogP contribution in [-0.4, -0.2) is 30.2 Å². The molecule has 1 aliphatic heterocycles. The molecule has 0 amide bonds. The Morgan fingerprint density at radius 3 is 3.11 bits per heavy atom. The summed E-state index contributed by atoms with van der Waals surface area (Å²) in [4.78, 5) is 2.57. The molecule has 3 rings (SSSR count). The molecule has 3 nitrogen and oxygen atoms in total. The largest absolute Gasteiger partial charge is 0.375 e. The van der Waals surface area contributed by atoms with Gasteiger partial charge in [-0.05, 0) is 49.4 Å². The zero-order valence-electron chi connectivity index (χ0n) is 11.4. The summed E-state index contributed by atoms with van der Waals surface area (Å²) in [5.74, 6) is 0. The number of aryl methyl sites for hydroxylation is 1. The van der Waals surface area contributed by atoms with Crippen molar-refractivity contribution in [1.29, 1.82) is 5.26 Å². The lowest BCUT2D eigenvalue weighted by Gasteiger charge is -2.38. The molecule has 19 heavy (non-hydrogen) atoms. The lowest BCUT2D eigenvalue weighted by molar-refractivity contribution is -0.0588. The highest BCUT2D eigenvalue weighted by Crippen LogP contribution is 2.31. The minimum Gasteiger partial charge on any atom is -0.375 e. The second-order valence-corrected chi connectivity index (χ2v) is 5.63. The molecule has 0 radical (unpaired) electrons. The van der Waals surface area contributed by atoms with E-state index in [0.29, 0.717) is 12.1 Å². The van der Waals surface area contributed by atoms with Gasteiger partial charge in [0, 0.05) is 19.1 Å². The monoisotopic (exact) mass is 256 g/mol. The van der Waals surface area contributed by atoms with E-state index in [9.17, 15) is 0 Å². The highest BCUT2D eigenvalue weighted by Gasteiger charge is 2.35. The Labute approximate surface area is 114 Å². The topological polar surface area (TPSA) is 36.3 Å². The highest BCUT2D eigenvalue weighted by molar-refractivity contribution is 5.37. The minimum atomic E-state index is 0.451. The molecule has 1 saturated carbocycles. The number of hydrogen-bond donors (Lipinski definition) is 0. The van der Waals surface area contributed by atoms with Crippen molar-refractivity contribution < 1.29 is 4.74 Å². The van der Waals surface area contributed by atoms with E-state index in [0.717, 1.165) is 25.3 Å². The molecular formula is C16H20N2O. The van der Waals surface area contributed by atoms with Gasteiger partial charge in [0.2, 0.25) is 0 Å². The molecule has 1 heterocycles. The summed E-state index contributed by atoms with van der Waals surface area (Å²) in [5, 5.41) is 8.92. The Bertz CT molecular complexity index is 506. The van der Waals surface area contributed by atoms with Gasteiger partial charge in [0.15, 0.2) is 0 Å². The second kappa shape index (κ2) is 5.32. The number of benzene rings is 1. The fraction of sp³-hybridized carbons (Fsp3) is 0.562. The zero-order valence-corrected chi connectivity index (χ0v) is 11.4. The van der Waals surface area contributed by atoms with Crippen LogP contribution in [0, 0.1) is 18.3 Å². The molecule has 2 atom stereocenters. The van der Waals surface area contributed by atoms with Crippen LogP contribution in [0.3, 0.4) is 0 Å². The molecule has 100 valence electrons. The first kappa shape index (κ1) is 12.7. The van der Waals surface area contributed by atoms with Gasteiger partial charge in [-0.25, -0.2) is 0 Å². The lowest BCUT2D eigenvalue weighted by atomic mass is 10.0. The van der Waals surface area contributed by atoms with Gasteiger partial charge in [0.1, 0.15) is 0 Å². The van der Waals surface area contributed by atoms with Crippen LogP contribution in [0.25, 0.3) is 0 Å². The fourth-order valence-electron chi connectivity index (χ4n) is 3.36. The average Bonchev–Trinajstić information content (AvgIpc) is 2.90. The van der Waals surface area contributed by atoms with E-state index in [4.69, 9.17) is 10.00 Å². The van der Waals surface area contributed by atoms with E-state index < -0.39 is 0 Å². The van der Waals surface area contributed by atoms with Crippen LogP contribution in [0.15, 0.2) is 18.2 Å². The van der Waals surface area contributed by atoms with Crippen molar-refractivity contribution in [1.82, 2.24) is 4.90 Å². The standard InChI is InChI=1S/C16H20N2O/c1-12-9-13(10-17)5-6-14(12)11-18-7-8-19-16-4-2-3-15(16)18/h5-6,9,15-16H,2-4,7-8,11H2,1H3. The van der Waals surface area contributed by atoms with Crippen molar-refractivity contribution in [2.24, 2.45) is 0 Å². The summed E-state index contributed by atoms with van der Waals surface area (Å²) in [6, 6.07) is 8.82. The van der Waals surface area contributed by atoms with Crippen molar-refractivity contribution >= 4 is 0 Å². The van der Waals surface area contributed by atoms with E-state index >= 15 is 0 Å². The summed E-state index contributed by atoms with van der Waals surface area (Å²) in [5.41, 5.74) is 3.31. The van der Waals surface area contributed by atoms with Crippen molar-refractivity contribution in [3.05, 3.63) is 34.9 Å². The summed E-state index contributed by atoms with van der Waals surface area (Å²) >= 11 is 0. The summed E-state index contributed by atoms with van der Waals surface area (Å²) in [7, 11) is 0. The number of rotatable bonds is 2. The molecule has 2 unspecified atom stereocenters. The molecule has 0 spiro atoms. The molecule has 2 aliphatic rings. The summed E-state index contributed by atoms with van der Waals surface area (Å²) in [6.45, 7) is 4.97. The predicted molar refractivity (Wildman–Crippen MR) is 73.7 cm³/mol. The van der Waals surface area contributed by atoms with Crippen molar-refractivity contribution in [3.63, 3.8) is 0 Å².